The van der Waals surface area contributed by atoms with E-state index in [1.165, 1.54) is 12.1 Å². The van der Waals surface area contributed by atoms with Crippen LogP contribution in [0.25, 0.3) is 0 Å². The van der Waals surface area contributed by atoms with Gasteiger partial charge in [0.05, 0.1) is 5.56 Å². The topological polar surface area (TPSA) is 60.5 Å². The van der Waals surface area contributed by atoms with E-state index in [2.05, 4.69) is 39.4 Å². The first-order valence-electron chi connectivity index (χ1n) is 9.68. The molecule has 2 heterocycles. The number of hydrogen-bond acceptors (Lipinski definition) is 5. The average Bonchev–Trinajstić information content (AvgIpc) is 2.68. The van der Waals surface area contributed by atoms with E-state index in [1.54, 1.807) is 30.5 Å². The van der Waals surface area contributed by atoms with Gasteiger partial charge in [0.1, 0.15) is 11.6 Å². The van der Waals surface area contributed by atoms with Crippen molar-refractivity contribution in [2.24, 2.45) is 5.92 Å². The van der Waals surface area contributed by atoms with Gasteiger partial charge in [0, 0.05) is 51.2 Å². The van der Waals surface area contributed by atoms with Gasteiger partial charge in [-0.3, -0.25) is 4.79 Å². The largest absolute Gasteiger partial charge is 0.352 e. The number of carbonyl (C=O) groups excluding carboxylic acids is 1. The van der Waals surface area contributed by atoms with Crippen molar-refractivity contribution < 1.29 is 9.18 Å². The fraction of sp³-hybridized carbons (Fsp3) is 0.429. The maximum Gasteiger partial charge on any atom is 0.255 e. The van der Waals surface area contributed by atoms with Gasteiger partial charge in [0.25, 0.3) is 5.91 Å². The molecule has 28 heavy (non-hydrogen) atoms. The smallest absolute Gasteiger partial charge is 0.255 e. The van der Waals surface area contributed by atoms with Crippen LogP contribution >= 0.6 is 0 Å². The highest BCUT2D eigenvalue weighted by Gasteiger charge is 2.18. The Hall–Kier alpha value is -2.51. The molecule has 0 spiro atoms. The summed E-state index contributed by atoms with van der Waals surface area (Å²) in [5.74, 6) is 0.239. The number of nitrogens with one attached hydrogen (secondary N) is 2. The minimum Gasteiger partial charge on any atom is -0.352 e. The number of anilines is 2. The van der Waals surface area contributed by atoms with Crippen molar-refractivity contribution in [2.45, 2.75) is 6.92 Å². The molecular weight excluding hydrogens is 357 g/mol. The Morgan fingerprint density at radius 2 is 2.00 bits per heavy atom. The van der Waals surface area contributed by atoms with Crippen LogP contribution in [0, 0.1) is 11.7 Å². The Balaban J connectivity index is 1.55. The fourth-order valence-corrected chi connectivity index (χ4v) is 3.29. The van der Waals surface area contributed by atoms with E-state index in [4.69, 9.17) is 0 Å². The summed E-state index contributed by atoms with van der Waals surface area (Å²) < 4.78 is 13.4. The molecule has 1 aromatic heterocycles. The third kappa shape index (κ3) is 5.74. The molecule has 1 amide bonds. The number of halogens is 1. The lowest BCUT2D eigenvalue weighted by molar-refractivity contribution is 0.0938. The van der Waals surface area contributed by atoms with Crippen molar-refractivity contribution in [3.05, 3.63) is 54.0 Å². The molecular formula is C21H28FN5O. The molecule has 1 aromatic carbocycles. The van der Waals surface area contributed by atoms with Crippen LogP contribution in [0.3, 0.4) is 0 Å². The molecule has 1 atom stereocenters. The number of hydrogen-bond donors (Lipinski definition) is 2. The summed E-state index contributed by atoms with van der Waals surface area (Å²) in [6.07, 6.45) is 1.61. The van der Waals surface area contributed by atoms with Gasteiger partial charge in [0.2, 0.25) is 0 Å². The number of nitrogens with zero attached hydrogens (tertiary/aromatic N) is 3. The van der Waals surface area contributed by atoms with Crippen molar-refractivity contribution in [1.82, 2.24) is 20.1 Å². The van der Waals surface area contributed by atoms with E-state index in [0.717, 1.165) is 32.7 Å². The highest BCUT2D eigenvalue weighted by Crippen LogP contribution is 2.19. The summed E-state index contributed by atoms with van der Waals surface area (Å²) in [6.45, 7) is 8.02. The van der Waals surface area contributed by atoms with Crippen LogP contribution in [0.2, 0.25) is 0 Å². The molecule has 0 aliphatic carbocycles. The molecule has 1 aliphatic heterocycles. The molecule has 2 aromatic rings. The molecule has 7 heteroatoms. The molecule has 1 fully saturated rings. The molecule has 0 saturated carbocycles. The van der Waals surface area contributed by atoms with Crippen LogP contribution in [0.1, 0.15) is 17.3 Å². The molecule has 1 aliphatic rings. The van der Waals surface area contributed by atoms with E-state index in [-0.39, 0.29) is 11.7 Å². The Labute approximate surface area is 165 Å². The second-order valence-corrected chi connectivity index (χ2v) is 7.45. The zero-order chi connectivity index (χ0) is 19.9. The lowest BCUT2D eigenvalue weighted by atomic mass is 10.1. The minimum atomic E-state index is -0.343. The van der Waals surface area contributed by atoms with Crippen molar-refractivity contribution in [3.8, 4) is 0 Å². The van der Waals surface area contributed by atoms with Gasteiger partial charge >= 0.3 is 0 Å². The molecule has 6 nitrogen and oxygen atoms in total. The summed E-state index contributed by atoms with van der Waals surface area (Å²) in [7, 11) is 2.14. The number of piperazine rings is 1. The second kappa shape index (κ2) is 9.61. The highest BCUT2D eigenvalue weighted by molar-refractivity contribution is 5.99. The number of aromatic nitrogens is 1. The Morgan fingerprint density at radius 1 is 1.21 bits per heavy atom. The van der Waals surface area contributed by atoms with Crippen molar-refractivity contribution in [1.29, 1.82) is 0 Å². The van der Waals surface area contributed by atoms with E-state index in [1.807, 2.05) is 0 Å². The Morgan fingerprint density at radius 3 is 2.75 bits per heavy atom. The zero-order valence-electron chi connectivity index (χ0n) is 16.5. The number of likely N-dealkylation sites (N-methyl/N-ethyl adjacent to an activating group) is 1. The predicted molar refractivity (Wildman–Crippen MR) is 109 cm³/mol. The molecule has 0 unspecified atom stereocenters. The maximum atomic E-state index is 13.4. The molecule has 3 rings (SSSR count). The summed E-state index contributed by atoms with van der Waals surface area (Å²) in [4.78, 5) is 21.7. The van der Waals surface area contributed by atoms with Crippen molar-refractivity contribution in [2.75, 3.05) is 51.6 Å². The van der Waals surface area contributed by atoms with Crippen LogP contribution in [0.5, 0.6) is 0 Å². The highest BCUT2D eigenvalue weighted by atomic mass is 19.1. The molecule has 2 N–H and O–H groups in total. The number of carbonyl (C=O) groups is 1. The fourth-order valence-electron chi connectivity index (χ4n) is 3.29. The molecule has 0 bridgehead atoms. The van der Waals surface area contributed by atoms with Gasteiger partial charge in [-0.25, -0.2) is 9.37 Å². The van der Waals surface area contributed by atoms with Gasteiger partial charge < -0.3 is 20.4 Å². The van der Waals surface area contributed by atoms with Crippen LogP contribution in [-0.4, -0.2) is 67.0 Å². The van der Waals surface area contributed by atoms with E-state index in [0.29, 0.717) is 29.5 Å². The SMILES string of the molecule is C[C@H](CNC(=O)c1cccnc1Nc1cccc(F)c1)CN1CCN(C)CC1. The summed E-state index contributed by atoms with van der Waals surface area (Å²) in [5, 5.41) is 6.03. The Bertz CT molecular complexity index is 792. The molecule has 0 radical (unpaired) electrons. The summed E-state index contributed by atoms with van der Waals surface area (Å²) >= 11 is 0. The zero-order valence-corrected chi connectivity index (χ0v) is 16.5. The standard InChI is InChI=1S/C21H28FN5O/c1-16(15-27-11-9-26(2)10-12-27)14-24-21(28)19-7-4-8-23-20(19)25-18-6-3-5-17(22)13-18/h3-8,13,16H,9-12,14-15H2,1-2H3,(H,23,25)(H,24,28)/t16-/m1/s1. The average molecular weight is 385 g/mol. The van der Waals surface area contributed by atoms with E-state index >= 15 is 0 Å². The van der Waals surface area contributed by atoms with Crippen LogP contribution in [0.15, 0.2) is 42.6 Å². The van der Waals surface area contributed by atoms with Gasteiger partial charge in [-0.1, -0.05) is 13.0 Å². The lowest BCUT2D eigenvalue weighted by Gasteiger charge is -2.33. The molecule has 1 saturated heterocycles. The first-order chi connectivity index (χ1) is 13.5. The van der Waals surface area contributed by atoms with Gasteiger partial charge in [-0.05, 0) is 43.3 Å². The second-order valence-electron chi connectivity index (χ2n) is 7.45. The van der Waals surface area contributed by atoms with Gasteiger partial charge in [-0.2, -0.15) is 0 Å². The maximum absolute atomic E-state index is 13.4. The third-order valence-corrected chi connectivity index (χ3v) is 4.92. The van der Waals surface area contributed by atoms with Gasteiger partial charge in [0.15, 0.2) is 0 Å². The molecule has 150 valence electrons. The lowest BCUT2D eigenvalue weighted by Crippen LogP contribution is -2.46. The Kier molecular flexibility index (Phi) is 6.95. The van der Waals surface area contributed by atoms with Crippen LogP contribution < -0.4 is 10.6 Å². The summed E-state index contributed by atoms with van der Waals surface area (Å²) in [6, 6.07) is 9.53. The normalized spacial score (nSPS) is 16.5. The van der Waals surface area contributed by atoms with Crippen LogP contribution in [0.4, 0.5) is 15.9 Å². The quantitative estimate of drug-likeness (QED) is 0.767. The van der Waals surface area contributed by atoms with Crippen molar-refractivity contribution >= 4 is 17.4 Å². The number of rotatable bonds is 7. The first-order valence-corrected chi connectivity index (χ1v) is 9.68. The monoisotopic (exact) mass is 385 g/mol. The first kappa shape index (κ1) is 20.2. The van der Waals surface area contributed by atoms with E-state index in [9.17, 15) is 9.18 Å². The van der Waals surface area contributed by atoms with E-state index < -0.39 is 0 Å². The van der Waals surface area contributed by atoms with Crippen LogP contribution in [-0.2, 0) is 0 Å². The third-order valence-electron chi connectivity index (χ3n) is 4.92. The number of benzene rings is 1. The predicted octanol–water partition coefficient (Wildman–Crippen LogP) is 2.58. The number of amides is 1. The summed E-state index contributed by atoms with van der Waals surface area (Å²) in [5.41, 5.74) is 0.995. The van der Waals surface area contributed by atoms with Gasteiger partial charge in [-0.15, -0.1) is 0 Å². The minimum absolute atomic E-state index is 0.183. The van der Waals surface area contributed by atoms with Crippen molar-refractivity contribution in [3.63, 3.8) is 0 Å². The number of pyridine rings is 1.